The van der Waals surface area contributed by atoms with Gasteiger partial charge in [0, 0.05) is 25.2 Å². The summed E-state index contributed by atoms with van der Waals surface area (Å²) in [6, 6.07) is 16.1. The maximum absolute atomic E-state index is 13.6. The van der Waals surface area contributed by atoms with Gasteiger partial charge in [-0.15, -0.1) is 0 Å². The lowest BCUT2D eigenvalue weighted by Crippen LogP contribution is -2.54. The molecule has 5 rings (SSSR count). The van der Waals surface area contributed by atoms with Crippen LogP contribution < -0.4 is 0 Å². The average Bonchev–Trinajstić information content (AvgIpc) is 2.86. The number of hydrogen-bond acceptors (Lipinski definition) is 3. The van der Waals surface area contributed by atoms with Gasteiger partial charge in [-0.05, 0) is 73.8 Å². The van der Waals surface area contributed by atoms with Crippen molar-refractivity contribution in [1.82, 2.24) is 9.80 Å². The van der Waals surface area contributed by atoms with Gasteiger partial charge in [0.1, 0.15) is 6.10 Å². The number of fused-ring (bicyclic) bond motifs is 1. The summed E-state index contributed by atoms with van der Waals surface area (Å²) in [6.07, 6.45) is 7.27. The van der Waals surface area contributed by atoms with Crippen LogP contribution in [0.4, 0.5) is 0 Å². The van der Waals surface area contributed by atoms with Gasteiger partial charge < -0.3 is 14.5 Å². The van der Waals surface area contributed by atoms with Crippen molar-refractivity contribution in [3.8, 4) is 0 Å². The van der Waals surface area contributed by atoms with Gasteiger partial charge in [0.15, 0.2) is 5.76 Å². The molecule has 2 heterocycles. The largest absolute Gasteiger partial charge is 0.482 e. The number of nitrogens with zero attached hydrogens (tertiary/aromatic N) is 2. The van der Waals surface area contributed by atoms with Crippen LogP contribution in [0.1, 0.15) is 73.0 Å². The molecule has 0 aromatic heterocycles. The smallest absolute Gasteiger partial charge is 0.289 e. The van der Waals surface area contributed by atoms with Gasteiger partial charge in [-0.25, -0.2) is 0 Å². The van der Waals surface area contributed by atoms with E-state index in [1.54, 1.807) is 0 Å². The quantitative estimate of drug-likeness (QED) is 0.512. The summed E-state index contributed by atoms with van der Waals surface area (Å²) in [5, 5.41) is 0. The van der Waals surface area contributed by atoms with E-state index in [0.717, 1.165) is 49.9 Å². The maximum atomic E-state index is 13.6. The second kappa shape index (κ2) is 10.5. The molecule has 5 heteroatoms. The molecule has 2 amide bonds. The van der Waals surface area contributed by atoms with E-state index < -0.39 is 0 Å². The number of aryl methyl sites for hydroxylation is 1. The van der Waals surface area contributed by atoms with E-state index in [2.05, 4.69) is 45.0 Å². The van der Waals surface area contributed by atoms with Crippen molar-refractivity contribution < 1.29 is 14.3 Å². The highest BCUT2D eigenvalue weighted by atomic mass is 16.5. The first-order chi connectivity index (χ1) is 17.4. The third-order valence-corrected chi connectivity index (χ3v) is 7.86. The topological polar surface area (TPSA) is 49.9 Å². The fraction of sp³-hybridized carbons (Fsp3) is 0.484. The van der Waals surface area contributed by atoms with Gasteiger partial charge in [0.05, 0.1) is 6.04 Å². The van der Waals surface area contributed by atoms with Crippen LogP contribution in [0, 0.1) is 18.8 Å². The molecular formula is C31H38N2O3. The number of likely N-dealkylation sites (tertiary alicyclic amines) is 1. The minimum Gasteiger partial charge on any atom is -0.482 e. The number of ether oxygens (including phenoxy) is 1. The summed E-state index contributed by atoms with van der Waals surface area (Å²) in [5.41, 5.74) is 3.92. The number of benzene rings is 2. The van der Waals surface area contributed by atoms with Crippen LogP contribution in [0.2, 0.25) is 0 Å². The van der Waals surface area contributed by atoms with E-state index in [0.29, 0.717) is 29.7 Å². The number of hydrogen-bond donors (Lipinski definition) is 0. The number of carbonyl (C=O) groups is 2. The van der Waals surface area contributed by atoms with Gasteiger partial charge in [-0.2, -0.15) is 0 Å². The van der Waals surface area contributed by atoms with Gasteiger partial charge in [0.2, 0.25) is 0 Å². The summed E-state index contributed by atoms with van der Waals surface area (Å²) in [4.78, 5) is 30.7. The second-order valence-corrected chi connectivity index (χ2v) is 11.2. The molecule has 0 bridgehead atoms. The molecule has 1 aliphatic carbocycles. The molecule has 5 nitrogen and oxygen atoms in total. The first kappa shape index (κ1) is 24.6. The van der Waals surface area contributed by atoms with Gasteiger partial charge >= 0.3 is 0 Å². The third kappa shape index (κ3) is 5.35. The van der Waals surface area contributed by atoms with Gasteiger partial charge in [-0.3, -0.25) is 9.59 Å². The van der Waals surface area contributed by atoms with E-state index >= 15 is 0 Å². The molecule has 3 aliphatic rings. The molecule has 4 atom stereocenters. The predicted molar refractivity (Wildman–Crippen MR) is 142 cm³/mol. The number of piperidine rings is 1. The Kier molecular flexibility index (Phi) is 7.17. The van der Waals surface area contributed by atoms with Gasteiger partial charge in [-0.1, -0.05) is 62.2 Å². The summed E-state index contributed by atoms with van der Waals surface area (Å²) in [7, 11) is 0. The monoisotopic (exact) mass is 486 g/mol. The predicted octanol–water partition coefficient (Wildman–Crippen LogP) is 5.82. The van der Waals surface area contributed by atoms with Crippen molar-refractivity contribution in [3.63, 3.8) is 0 Å². The van der Waals surface area contributed by atoms with E-state index in [1.807, 2.05) is 40.1 Å². The Bertz CT molecular complexity index is 1130. The molecule has 1 saturated carbocycles. The highest BCUT2D eigenvalue weighted by Crippen LogP contribution is 2.34. The minimum atomic E-state index is -0.0453. The third-order valence-electron chi connectivity index (χ3n) is 7.86. The zero-order chi connectivity index (χ0) is 25.2. The number of amides is 2. The zero-order valence-electron chi connectivity index (χ0n) is 21.8. The molecule has 0 spiro atoms. The molecule has 190 valence electrons. The molecule has 36 heavy (non-hydrogen) atoms. The van der Waals surface area contributed by atoms with E-state index in [-0.39, 0.29) is 24.0 Å². The standard InChI is InChI=1S/C31H38N2O3/c1-21-7-6-8-25(16-21)20-33-27-9-4-5-10-28(27)36-29(31(33)35)17-24-11-13-26(14-12-24)30(34)32-18-22(2)15-23(3)19-32/h6-8,11-14,16-17,22-23,27-28H,4-5,9-10,15,18-20H2,1-3H3/b29-17+. The minimum absolute atomic E-state index is 0.0384. The van der Waals surface area contributed by atoms with Crippen LogP contribution in [-0.2, 0) is 16.1 Å². The lowest BCUT2D eigenvalue weighted by atomic mass is 9.89. The second-order valence-electron chi connectivity index (χ2n) is 11.2. The Morgan fingerprint density at radius 3 is 2.47 bits per heavy atom. The van der Waals surface area contributed by atoms with Crippen molar-refractivity contribution in [2.24, 2.45) is 11.8 Å². The molecule has 4 unspecified atom stereocenters. The maximum Gasteiger partial charge on any atom is 0.289 e. The Hall–Kier alpha value is -3.08. The van der Waals surface area contributed by atoms with Crippen molar-refractivity contribution in [3.05, 3.63) is 76.5 Å². The molecular weight excluding hydrogens is 448 g/mol. The Balaban J connectivity index is 1.35. The number of morpholine rings is 1. The first-order valence-electron chi connectivity index (χ1n) is 13.5. The van der Waals surface area contributed by atoms with Crippen LogP contribution in [0.15, 0.2) is 54.3 Å². The Morgan fingerprint density at radius 1 is 1.03 bits per heavy atom. The molecule has 2 aromatic carbocycles. The highest BCUT2D eigenvalue weighted by Gasteiger charge is 2.41. The summed E-state index contributed by atoms with van der Waals surface area (Å²) in [6.45, 7) is 8.74. The molecule has 2 saturated heterocycles. The summed E-state index contributed by atoms with van der Waals surface area (Å²) < 4.78 is 6.29. The SMILES string of the molecule is Cc1cccc(CN2C(=O)/C(=C\c3ccc(C(=O)N4CC(C)CC(C)C4)cc3)OC3CCCCC32)c1. The number of rotatable bonds is 4. The number of carbonyl (C=O) groups excluding carboxylic acids is 2. The van der Waals surface area contributed by atoms with Crippen molar-refractivity contribution in [1.29, 1.82) is 0 Å². The average molecular weight is 487 g/mol. The van der Waals surface area contributed by atoms with Crippen LogP contribution in [-0.4, -0.2) is 46.8 Å². The molecule has 0 radical (unpaired) electrons. The van der Waals surface area contributed by atoms with Crippen LogP contribution in [0.3, 0.4) is 0 Å². The molecule has 0 N–H and O–H groups in total. The molecule has 2 aliphatic heterocycles. The zero-order valence-corrected chi connectivity index (χ0v) is 21.8. The Morgan fingerprint density at radius 2 is 1.75 bits per heavy atom. The fourth-order valence-corrected chi connectivity index (χ4v) is 6.25. The Labute approximate surface area is 215 Å². The van der Waals surface area contributed by atoms with Crippen LogP contribution in [0.25, 0.3) is 6.08 Å². The fourth-order valence-electron chi connectivity index (χ4n) is 6.25. The van der Waals surface area contributed by atoms with Crippen molar-refractivity contribution in [2.45, 2.75) is 71.6 Å². The van der Waals surface area contributed by atoms with Crippen molar-refractivity contribution in [2.75, 3.05) is 13.1 Å². The summed E-state index contributed by atoms with van der Waals surface area (Å²) >= 11 is 0. The van der Waals surface area contributed by atoms with Crippen LogP contribution >= 0.6 is 0 Å². The van der Waals surface area contributed by atoms with E-state index in [1.165, 1.54) is 12.0 Å². The highest BCUT2D eigenvalue weighted by molar-refractivity contribution is 5.97. The van der Waals surface area contributed by atoms with Gasteiger partial charge in [0.25, 0.3) is 11.8 Å². The van der Waals surface area contributed by atoms with Crippen molar-refractivity contribution >= 4 is 17.9 Å². The molecule has 3 fully saturated rings. The first-order valence-corrected chi connectivity index (χ1v) is 13.5. The molecule has 2 aromatic rings. The lowest BCUT2D eigenvalue weighted by Gasteiger charge is -2.44. The normalized spacial score (nSPS) is 27.5. The summed E-state index contributed by atoms with van der Waals surface area (Å²) in [5.74, 6) is 1.51. The van der Waals surface area contributed by atoms with E-state index in [9.17, 15) is 9.59 Å². The lowest BCUT2D eigenvalue weighted by molar-refractivity contribution is -0.149. The van der Waals surface area contributed by atoms with E-state index in [4.69, 9.17) is 4.74 Å². The van der Waals surface area contributed by atoms with Crippen LogP contribution in [0.5, 0.6) is 0 Å².